The Morgan fingerprint density at radius 1 is 0.875 bits per heavy atom. The summed E-state index contributed by atoms with van der Waals surface area (Å²) in [5.41, 5.74) is 0.940. The third kappa shape index (κ3) is 11.5. The van der Waals surface area contributed by atoms with Crippen molar-refractivity contribution in [2.45, 2.75) is 83.9 Å². The highest BCUT2D eigenvalue weighted by molar-refractivity contribution is 5.95. The molecule has 0 bridgehead atoms. The fourth-order valence-electron chi connectivity index (χ4n) is 7.39. The Balaban J connectivity index is 1.17. The van der Waals surface area contributed by atoms with E-state index in [2.05, 4.69) is 16.9 Å². The molecule has 0 aliphatic carbocycles. The van der Waals surface area contributed by atoms with Crippen LogP contribution in [-0.2, 0) is 59.0 Å². The molecule has 4 heterocycles. The Bertz CT molecular complexity index is 2250. The monoisotopic (exact) mass is 892 g/mol. The van der Waals surface area contributed by atoms with Crippen molar-refractivity contribution >= 4 is 58.8 Å². The average Bonchev–Trinajstić information content (AvgIpc) is 3.70. The summed E-state index contributed by atoms with van der Waals surface area (Å²) < 4.78 is 39.5. The number of hydrogen-bond donors (Lipinski definition) is 0. The maximum Gasteiger partial charge on any atom is 0.409 e. The van der Waals surface area contributed by atoms with E-state index in [4.69, 9.17) is 38.4 Å². The predicted molar refractivity (Wildman–Crippen MR) is 221 cm³/mol. The highest BCUT2D eigenvalue weighted by Crippen LogP contribution is 2.32. The molecule has 0 N–H and O–H groups in total. The number of benzene rings is 1. The Hall–Kier alpha value is -7.02. The first-order chi connectivity index (χ1) is 30.4. The van der Waals surface area contributed by atoms with E-state index < -0.39 is 66.7 Å². The quantitative estimate of drug-likeness (QED) is 0.166. The third-order valence-corrected chi connectivity index (χ3v) is 10.8. The molecule has 2 aromatic heterocycles. The summed E-state index contributed by atoms with van der Waals surface area (Å²) in [4.78, 5) is 103. The van der Waals surface area contributed by atoms with Gasteiger partial charge in [0, 0.05) is 74.3 Å². The van der Waals surface area contributed by atoms with Gasteiger partial charge in [0.05, 0.1) is 24.6 Å². The van der Waals surface area contributed by atoms with Gasteiger partial charge in [0.1, 0.15) is 30.9 Å². The van der Waals surface area contributed by atoms with Crippen LogP contribution >= 0.6 is 0 Å². The zero-order valence-corrected chi connectivity index (χ0v) is 36.8. The van der Waals surface area contributed by atoms with Crippen molar-refractivity contribution in [3.8, 4) is 11.8 Å². The molecule has 22 heteroatoms. The van der Waals surface area contributed by atoms with Gasteiger partial charge in [-0.25, -0.2) is 24.4 Å². The van der Waals surface area contributed by atoms with Gasteiger partial charge in [-0.15, -0.1) is 0 Å². The molecule has 0 spiro atoms. The third-order valence-electron chi connectivity index (χ3n) is 10.8. The molecule has 3 aromatic rings. The molecule has 7 atom stereocenters. The van der Waals surface area contributed by atoms with Crippen molar-refractivity contribution in [3.05, 3.63) is 48.4 Å². The minimum absolute atomic E-state index is 0.0805. The number of rotatable bonds is 14. The van der Waals surface area contributed by atoms with E-state index in [1.54, 1.807) is 36.3 Å². The fourth-order valence-corrected chi connectivity index (χ4v) is 7.39. The van der Waals surface area contributed by atoms with Gasteiger partial charge in [-0.1, -0.05) is 19.1 Å². The van der Waals surface area contributed by atoms with Gasteiger partial charge in [0.15, 0.2) is 24.0 Å². The van der Waals surface area contributed by atoms with Gasteiger partial charge in [-0.3, -0.25) is 23.7 Å². The van der Waals surface area contributed by atoms with E-state index in [0.29, 0.717) is 35.5 Å². The standard InChI is InChI=1S/C42H52N8O14/c1-24-14-17-49(32(54)13-16-43)21-31(24)48(7)37-30-15-18-50(38(30)45-23-44-37)41(56)46(5)19-20-47(6)42(57)59-22-28-9-11-29(12-10-28)63-40-36(62-27(4)53)34(61-26(3)52)33(60-25(2)51)35(64-40)39(55)58-8/h9-12,15,18,23-24,31,33-36,40H,13-14,17,19-22H2,1-8H3/t24-,31+,33+,34+,35+,36-,40-/m1/s1. The van der Waals surface area contributed by atoms with Gasteiger partial charge < -0.3 is 52.8 Å². The number of fused-ring (bicyclic) bond motifs is 1. The largest absolute Gasteiger partial charge is 0.467 e. The molecule has 1 aromatic carbocycles. The van der Waals surface area contributed by atoms with Crippen LogP contribution in [0.1, 0.15) is 46.1 Å². The van der Waals surface area contributed by atoms with Crippen LogP contribution in [0, 0.1) is 17.2 Å². The minimum Gasteiger partial charge on any atom is -0.467 e. The molecule has 2 aliphatic rings. The van der Waals surface area contributed by atoms with Gasteiger partial charge in [-0.05, 0) is 36.1 Å². The van der Waals surface area contributed by atoms with Crippen LogP contribution in [0.2, 0.25) is 0 Å². The summed E-state index contributed by atoms with van der Waals surface area (Å²) in [7, 11) is 6.09. The van der Waals surface area contributed by atoms with Gasteiger partial charge in [0.25, 0.3) is 0 Å². The van der Waals surface area contributed by atoms with Crippen LogP contribution in [0.4, 0.5) is 15.4 Å². The van der Waals surface area contributed by atoms with Crippen LogP contribution in [0.25, 0.3) is 11.0 Å². The average molecular weight is 893 g/mol. The molecule has 64 heavy (non-hydrogen) atoms. The molecule has 344 valence electrons. The molecule has 2 saturated heterocycles. The molecule has 3 amide bonds. The number of likely N-dealkylation sites (tertiary alicyclic amines) is 1. The first-order valence-corrected chi connectivity index (χ1v) is 20.3. The van der Waals surface area contributed by atoms with Crippen molar-refractivity contribution in [1.82, 2.24) is 29.2 Å². The number of carbonyl (C=O) groups excluding carboxylic acids is 7. The van der Waals surface area contributed by atoms with E-state index in [0.717, 1.165) is 34.3 Å². The summed E-state index contributed by atoms with van der Waals surface area (Å²) in [5, 5.41) is 9.67. The van der Waals surface area contributed by atoms with Crippen molar-refractivity contribution in [3.63, 3.8) is 0 Å². The predicted octanol–water partition coefficient (Wildman–Crippen LogP) is 2.26. The molecular formula is C42H52N8O14. The molecule has 5 rings (SSSR count). The molecule has 0 unspecified atom stereocenters. The van der Waals surface area contributed by atoms with Crippen molar-refractivity contribution in [2.24, 2.45) is 5.92 Å². The molecular weight excluding hydrogens is 841 g/mol. The Kier molecular flexibility index (Phi) is 16.0. The maximum atomic E-state index is 13.6. The number of methoxy groups -OCH3 is 1. The van der Waals surface area contributed by atoms with Crippen molar-refractivity contribution in [2.75, 3.05) is 59.3 Å². The first kappa shape index (κ1) is 48.0. The second-order valence-electron chi connectivity index (χ2n) is 15.4. The highest BCUT2D eigenvalue weighted by Gasteiger charge is 2.56. The Morgan fingerprint density at radius 2 is 1.52 bits per heavy atom. The van der Waals surface area contributed by atoms with E-state index in [-0.39, 0.29) is 49.7 Å². The Labute approximate surface area is 368 Å². The summed E-state index contributed by atoms with van der Waals surface area (Å²) >= 11 is 0. The summed E-state index contributed by atoms with van der Waals surface area (Å²) in [6.07, 6.45) is -4.83. The van der Waals surface area contributed by atoms with Crippen LogP contribution in [-0.4, -0.2) is 162 Å². The van der Waals surface area contributed by atoms with Crippen LogP contribution in [0.3, 0.4) is 0 Å². The number of hydrogen-bond acceptors (Lipinski definition) is 18. The minimum atomic E-state index is -1.63. The number of nitrogens with zero attached hydrogens (tertiary/aromatic N) is 8. The normalized spacial score (nSPS) is 21.7. The fraction of sp³-hybridized carbons (Fsp3) is 0.524. The lowest BCUT2D eigenvalue weighted by atomic mass is 9.92. The summed E-state index contributed by atoms with van der Waals surface area (Å²) in [5.74, 6) is -2.69. The molecule has 0 saturated carbocycles. The lowest BCUT2D eigenvalue weighted by Gasteiger charge is -2.43. The summed E-state index contributed by atoms with van der Waals surface area (Å²) in [6, 6.07) is 9.37. The van der Waals surface area contributed by atoms with E-state index >= 15 is 0 Å². The number of piperidine rings is 1. The van der Waals surface area contributed by atoms with E-state index in [1.165, 1.54) is 39.9 Å². The number of ether oxygens (including phenoxy) is 7. The van der Waals surface area contributed by atoms with Crippen LogP contribution < -0.4 is 9.64 Å². The maximum absolute atomic E-state index is 13.6. The number of amides is 3. The van der Waals surface area contributed by atoms with Crippen LogP contribution in [0.5, 0.6) is 5.75 Å². The lowest BCUT2D eigenvalue weighted by molar-refractivity contribution is -0.282. The molecule has 2 fully saturated rings. The van der Waals surface area contributed by atoms with Gasteiger partial charge >= 0.3 is 36.0 Å². The first-order valence-electron chi connectivity index (χ1n) is 20.3. The number of aromatic nitrogens is 3. The van der Waals surface area contributed by atoms with Crippen LogP contribution in [0.15, 0.2) is 42.9 Å². The number of esters is 4. The van der Waals surface area contributed by atoms with Crippen molar-refractivity contribution < 1.29 is 66.7 Å². The molecule has 2 aliphatic heterocycles. The van der Waals surface area contributed by atoms with E-state index in [9.17, 15) is 33.6 Å². The second-order valence-corrected chi connectivity index (χ2v) is 15.4. The number of anilines is 1. The smallest absolute Gasteiger partial charge is 0.409 e. The van der Waals surface area contributed by atoms with Crippen molar-refractivity contribution in [1.29, 1.82) is 5.26 Å². The molecule has 22 nitrogen and oxygen atoms in total. The zero-order chi connectivity index (χ0) is 46.8. The number of nitriles is 1. The van der Waals surface area contributed by atoms with Gasteiger partial charge in [0.2, 0.25) is 18.3 Å². The molecule has 0 radical (unpaired) electrons. The SMILES string of the molecule is COC(=O)[C@H]1O[C@@H](Oc2ccc(COC(=O)N(C)CCN(C)C(=O)n3ccc4c(N(C)[C@H]5CN(C(=O)CC#N)CC[C@H]5C)ncnc43)cc2)[C@H](OC(C)=O)[C@@H](OC(C)=O)[C@@H]1OC(C)=O. The van der Waals surface area contributed by atoms with E-state index in [1.807, 2.05) is 18.0 Å². The number of carbonyl (C=O) groups is 7. The highest BCUT2D eigenvalue weighted by atomic mass is 16.7. The zero-order valence-electron chi connectivity index (χ0n) is 36.8. The van der Waals surface area contributed by atoms with Gasteiger partial charge in [-0.2, -0.15) is 5.26 Å². The second kappa shape index (κ2) is 21.4. The Morgan fingerprint density at radius 3 is 2.16 bits per heavy atom. The number of likely N-dealkylation sites (N-methyl/N-ethyl adjacent to an activating group) is 3. The lowest BCUT2D eigenvalue weighted by Crippen LogP contribution is -2.64. The topological polar surface area (TPSA) is 252 Å². The summed E-state index contributed by atoms with van der Waals surface area (Å²) in [6.45, 7) is 6.49.